The minimum absolute atomic E-state index is 0.169. The zero-order valence-electron chi connectivity index (χ0n) is 12.0. The maximum atomic E-state index is 11.9. The van der Waals surface area contributed by atoms with Crippen LogP contribution in [-0.4, -0.2) is 37.2 Å². The fraction of sp³-hybridized carbons (Fsp3) is 0.571. The van der Waals surface area contributed by atoms with Crippen LogP contribution in [0.15, 0.2) is 12.3 Å². The number of ether oxygens (including phenoxy) is 1. The predicted molar refractivity (Wildman–Crippen MR) is 81.5 cm³/mol. The van der Waals surface area contributed by atoms with Gasteiger partial charge in [-0.15, -0.1) is 0 Å². The summed E-state index contributed by atoms with van der Waals surface area (Å²) in [5, 5.41) is 6.37. The molecule has 112 valence electrons. The highest BCUT2D eigenvalue weighted by Crippen LogP contribution is 2.19. The van der Waals surface area contributed by atoms with Crippen LogP contribution in [0.3, 0.4) is 0 Å². The molecule has 2 N–H and O–H groups in total. The highest BCUT2D eigenvalue weighted by molar-refractivity contribution is 6.33. The van der Waals surface area contributed by atoms with Crippen LogP contribution in [0.2, 0.25) is 5.02 Å². The van der Waals surface area contributed by atoms with Gasteiger partial charge in [-0.25, -0.2) is 4.98 Å². The van der Waals surface area contributed by atoms with Gasteiger partial charge in [0.05, 0.1) is 10.6 Å². The lowest BCUT2D eigenvalue weighted by Gasteiger charge is -2.08. The van der Waals surface area contributed by atoms with Crippen molar-refractivity contribution in [1.29, 1.82) is 0 Å². The normalized spacial score (nSPS) is 10.3. The number of aromatic nitrogens is 1. The molecule has 6 heteroatoms. The quantitative estimate of drug-likeness (QED) is 0.688. The van der Waals surface area contributed by atoms with Crippen molar-refractivity contribution in [3.8, 4) is 0 Å². The Labute approximate surface area is 125 Å². The molecule has 1 rings (SSSR count). The molecular formula is C14H22ClN3O2. The van der Waals surface area contributed by atoms with E-state index in [1.54, 1.807) is 6.07 Å². The molecule has 0 unspecified atom stereocenters. The van der Waals surface area contributed by atoms with E-state index in [0.29, 0.717) is 36.2 Å². The standard InChI is InChI=1S/C14H22ClN3O2/c1-3-6-16-13-12(15)9-11(10-18-13)14(19)17-7-5-8-20-4-2/h9-10H,3-8H2,1-2H3,(H,16,18)(H,17,19). The smallest absolute Gasteiger partial charge is 0.252 e. The Morgan fingerprint density at radius 2 is 2.20 bits per heavy atom. The Morgan fingerprint density at radius 3 is 2.85 bits per heavy atom. The number of hydrogen-bond donors (Lipinski definition) is 2. The fourth-order valence-corrected chi connectivity index (χ4v) is 1.79. The summed E-state index contributed by atoms with van der Waals surface area (Å²) in [7, 11) is 0. The molecule has 0 saturated carbocycles. The zero-order valence-corrected chi connectivity index (χ0v) is 12.8. The maximum Gasteiger partial charge on any atom is 0.252 e. The molecule has 1 amide bonds. The van der Waals surface area contributed by atoms with Crippen LogP contribution in [-0.2, 0) is 4.74 Å². The lowest BCUT2D eigenvalue weighted by atomic mass is 10.2. The lowest BCUT2D eigenvalue weighted by Crippen LogP contribution is -2.25. The SMILES string of the molecule is CCCNc1ncc(C(=O)NCCCOCC)cc1Cl. The van der Waals surface area contributed by atoms with E-state index >= 15 is 0 Å². The second-order valence-corrected chi connectivity index (χ2v) is 4.69. The van der Waals surface area contributed by atoms with Gasteiger partial charge in [0.25, 0.3) is 5.91 Å². The molecule has 0 atom stereocenters. The number of amides is 1. The molecular weight excluding hydrogens is 278 g/mol. The lowest BCUT2D eigenvalue weighted by molar-refractivity contribution is 0.0944. The Bertz CT molecular complexity index is 427. The molecule has 0 fully saturated rings. The number of carbonyl (C=O) groups excluding carboxylic acids is 1. The van der Waals surface area contributed by atoms with E-state index < -0.39 is 0 Å². The fourth-order valence-electron chi connectivity index (χ4n) is 1.56. The van der Waals surface area contributed by atoms with Gasteiger partial charge < -0.3 is 15.4 Å². The summed E-state index contributed by atoms with van der Waals surface area (Å²) in [6, 6.07) is 1.63. The molecule has 0 aromatic carbocycles. The zero-order chi connectivity index (χ0) is 14.8. The number of nitrogens with zero attached hydrogens (tertiary/aromatic N) is 1. The Kier molecular flexibility index (Phi) is 7.99. The molecule has 5 nitrogen and oxygen atoms in total. The monoisotopic (exact) mass is 299 g/mol. The maximum absolute atomic E-state index is 11.9. The topological polar surface area (TPSA) is 63.2 Å². The van der Waals surface area contributed by atoms with Gasteiger partial charge in [0, 0.05) is 32.5 Å². The summed E-state index contributed by atoms with van der Waals surface area (Å²) >= 11 is 6.09. The first-order valence-electron chi connectivity index (χ1n) is 6.94. The van der Waals surface area contributed by atoms with Gasteiger partial charge in [0.1, 0.15) is 5.82 Å². The highest BCUT2D eigenvalue weighted by atomic mass is 35.5. The van der Waals surface area contributed by atoms with Crippen molar-refractivity contribution in [2.75, 3.05) is 31.6 Å². The number of anilines is 1. The number of carbonyl (C=O) groups is 1. The van der Waals surface area contributed by atoms with Crippen molar-refractivity contribution in [3.05, 3.63) is 22.8 Å². The van der Waals surface area contributed by atoms with Crippen LogP contribution in [0.5, 0.6) is 0 Å². The molecule has 0 saturated heterocycles. The first-order valence-corrected chi connectivity index (χ1v) is 7.32. The van der Waals surface area contributed by atoms with E-state index in [2.05, 4.69) is 22.5 Å². The van der Waals surface area contributed by atoms with Gasteiger partial charge in [-0.3, -0.25) is 4.79 Å². The number of nitrogens with one attached hydrogen (secondary N) is 2. The number of halogens is 1. The molecule has 0 bridgehead atoms. The van der Waals surface area contributed by atoms with E-state index in [4.69, 9.17) is 16.3 Å². The van der Waals surface area contributed by atoms with Crippen molar-refractivity contribution in [2.24, 2.45) is 0 Å². The molecule has 1 aromatic rings. The second-order valence-electron chi connectivity index (χ2n) is 4.29. The Balaban J connectivity index is 2.46. The average Bonchev–Trinajstić information content (AvgIpc) is 2.45. The first kappa shape index (κ1) is 16.7. The predicted octanol–water partition coefficient (Wildman–Crippen LogP) is 2.71. The van der Waals surface area contributed by atoms with Gasteiger partial charge in [0.2, 0.25) is 0 Å². The number of rotatable bonds is 9. The molecule has 0 aliphatic carbocycles. The molecule has 20 heavy (non-hydrogen) atoms. The van der Waals surface area contributed by atoms with Gasteiger partial charge in [-0.05, 0) is 25.8 Å². The summed E-state index contributed by atoms with van der Waals surface area (Å²) < 4.78 is 5.20. The number of hydrogen-bond acceptors (Lipinski definition) is 4. The van der Waals surface area contributed by atoms with Crippen LogP contribution >= 0.6 is 11.6 Å². The van der Waals surface area contributed by atoms with Gasteiger partial charge >= 0.3 is 0 Å². The van der Waals surface area contributed by atoms with E-state index in [9.17, 15) is 4.79 Å². The van der Waals surface area contributed by atoms with Crippen molar-refractivity contribution >= 4 is 23.3 Å². The summed E-state index contributed by atoms with van der Waals surface area (Å²) in [5.74, 6) is 0.444. The molecule has 1 heterocycles. The molecule has 0 aliphatic heterocycles. The summed E-state index contributed by atoms with van der Waals surface area (Å²) in [4.78, 5) is 16.0. The van der Waals surface area contributed by atoms with Crippen LogP contribution in [0.4, 0.5) is 5.82 Å². The minimum Gasteiger partial charge on any atom is -0.382 e. The van der Waals surface area contributed by atoms with Crippen LogP contribution in [0.1, 0.15) is 37.0 Å². The summed E-state index contributed by atoms with van der Waals surface area (Å²) in [6.45, 7) is 6.72. The Morgan fingerprint density at radius 1 is 1.40 bits per heavy atom. The largest absolute Gasteiger partial charge is 0.382 e. The van der Waals surface area contributed by atoms with Crippen LogP contribution in [0, 0.1) is 0 Å². The second kappa shape index (κ2) is 9.55. The van der Waals surface area contributed by atoms with Gasteiger partial charge in [-0.1, -0.05) is 18.5 Å². The van der Waals surface area contributed by atoms with Crippen LogP contribution < -0.4 is 10.6 Å². The van der Waals surface area contributed by atoms with E-state index in [-0.39, 0.29) is 5.91 Å². The van der Waals surface area contributed by atoms with E-state index in [1.807, 2.05) is 6.92 Å². The average molecular weight is 300 g/mol. The molecule has 0 radical (unpaired) electrons. The van der Waals surface area contributed by atoms with E-state index in [1.165, 1.54) is 6.20 Å². The van der Waals surface area contributed by atoms with Crippen molar-refractivity contribution in [2.45, 2.75) is 26.7 Å². The molecule has 1 aromatic heterocycles. The third kappa shape index (κ3) is 5.75. The molecule has 0 spiro atoms. The Hall–Kier alpha value is -1.33. The van der Waals surface area contributed by atoms with Crippen molar-refractivity contribution in [1.82, 2.24) is 10.3 Å². The van der Waals surface area contributed by atoms with Crippen molar-refractivity contribution in [3.63, 3.8) is 0 Å². The summed E-state index contributed by atoms with van der Waals surface area (Å²) in [5.41, 5.74) is 0.466. The number of pyridine rings is 1. The summed E-state index contributed by atoms with van der Waals surface area (Å²) in [6.07, 6.45) is 3.30. The minimum atomic E-state index is -0.169. The molecule has 0 aliphatic rings. The third-order valence-corrected chi connectivity index (χ3v) is 2.89. The van der Waals surface area contributed by atoms with E-state index in [0.717, 1.165) is 19.4 Å². The third-order valence-electron chi connectivity index (χ3n) is 2.60. The first-order chi connectivity index (χ1) is 9.69. The van der Waals surface area contributed by atoms with Crippen molar-refractivity contribution < 1.29 is 9.53 Å². The van der Waals surface area contributed by atoms with Crippen LogP contribution in [0.25, 0.3) is 0 Å². The van der Waals surface area contributed by atoms with Gasteiger partial charge in [0.15, 0.2) is 0 Å². The highest BCUT2D eigenvalue weighted by Gasteiger charge is 2.09. The van der Waals surface area contributed by atoms with Gasteiger partial charge in [-0.2, -0.15) is 0 Å².